The van der Waals surface area contributed by atoms with Crippen molar-refractivity contribution in [1.29, 1.82) is 5.26 Å². The van der Waals surface area contributed by atoms with Gasteiger partial charge in [0.1, 0.15) is 10.6 Å². The molecule has 5 rings (SSSR count). The van der Waals surface area contributed by atoms with Crippen molar-refractivity contribution < 1.29 is 22.7 Å². The van der Waals surface area contributed by atoms with Crippen LogP contribution in [0.4, 0.5) is 10.5 Å². The van der Waals surface area contributed by atoms with Crippen molar-refractivity contribution in [3.63, 3.8) is 0 Å². The summed E-state index contributed by atoms with van der Waals surface area (Å²) in [5.74, 6) is -0.745. The summed E-state index contributed by atoms with van der Waals surface area (Å²) in [5.41, 5.74) is 1.72. The van der Waals surface area contributed by atoms with Crippen molar-refractivity contribution in [3.8, 4) is 6.07 Å². The van der Waals surface area contributed by atoms with E-state index >= 15 is 0 Å². The normalized spacial score (nSPS) is 14.5. The maximum absolute atomic E-state index is 13.7. The summed E-state index contributed by atoms with van der Waals surface area (Å²) >= 11 is 1.40. The average molecular weight is 618 g/mol. The third-order valence-electron chi connectivity index (χ3n) is 6.72. The number of para-hydroxylation sites is 1. The molecule has 222 valence electrons. The molecule has 1 aliphatic rings. The van der Waals surface area contributed by atoms with Gasteiger partial charge in [-0.05, 0) is 75.2 Å². The largest absolute Gasteiger partial charge is 0.444 e. The van der Waals surface area contributed by atoms with Crippen LogP contribution >= 0.6 is 11.3 Å². The van der Waals surface area contributed by atoms with Gasteiger partial charge in [0, 0.05) is 18.8 Å². The van der Waals surface area contributed by atoms with Crippen LogP contribution in [0.15, 0.2) is 77.7 Å². The van der Waals surface area contributed by atoms with Crippen molar-refractivity contribution in [2.45, 2.75) is 43.7 Å². The first-order valence-electron chi connectivity index (χ1n) is 13.7. The summed E-state index contributed by atoms with van der Waals surface area (Å²) < 4.78 is 36.4. The number of nitrogens with zero attached hydrogens (tertiary/aromatic N) is 3. The SMILES string of the molecule is CC(C)(C)OC(=O)N1CC(C(=O)Nc2cccc(S(=O)(=O)NC(Cc3cccc(C#N)c3)c3nc4ccccc4s3)c2)C1. The molecule has 1 atom stereocenters. The van der Waals surface area contributed by atoms with E-state index in [0.29, 0.717) is 16.3 Å². The highest BCUT2D eigenvalue weighted by Gasteiger charge is 2.38. The van der Waals surface area contributed by atoms with Gasteiger partial charge in [-0.3, -0.25) is 4.79 Å². The van der Waals surface area contributed by atoms with Crippen LogP contribution in [-0.2, 0) is 26.0 Å². The third kappa shape index (κ3) is 7.37. The molecule has 0 saturated carbocycles. The molecule has 2 amide bonds. The number of carbonyl (C=O) groups excluding carboxylic acids is 2. The Balaban J connectivity index is 1.32. The number of benzene rings is 3. The number of aromatic nitrogens is 1. The molecule has 0 radical (unpaired) electrons. The molecule has 1 unspecified atom stereocenters. The summed E-state index contributed by atoms with van der Waals surface area (Å²) in [5, 5.41) is 12.7. The lowest BCUT2D eigenvalue weighted by Gasteiger charge is -2.38. The Bertz CT molecular complexity index is 1780. The first-order chi connectivity index (χ1) is 20.4. The number of anilines is 1. The number of fused-ring (bicyclic) bond motifs is 1. The van der Waals surface area contributed by atoms with Crippen LogP contribution < -0.4 is 10.0 Å². The molecule has 1 aliphatic heterocycles. The van der Waals surface area contributed by atoms with E-state index in [-0.39, 0.29) is 30.3 Å². The standard InChI is InChI=1S/C31H31N5O5S2/c1-31(2,3)41-30(38)36-18-22(19-36)28(37)33-23-10-7-11-24(16-23)43(39,40)35-26(15-20-8-6-9-21(14-20)17-32)29-34-25-12-4-5-13-27(25)42-29/h4-14,16,22,26,35H,15,18-19H2,1-3H3,(H,33,37). The van der Waals surface area contributed by atoms with Crippen molar-refractivity contribution in [1.82, 2.24) is 14.6 Å². The van der Waals surface area contributed by atoms with Gasteiger partial charge in [0.15, 0.2) is 0 Å². The van der Waals surface area contributed by atoms with Crippen LogP contribution in [0.2, 0.25) is 0 Å². The van der Waals surface area contributed by atoms with Gasteiger partial charge in [-0.2, -0.15) is 5.26 Å². The molecule has 0 bridgehead atoms. The Hall–Kier alpha value is -4.31. The second-order valence-corrected chi connectivity index (χ2v) is 14.1. The minimum atomic E-state index is -4.06. The van der Waals surface area contributed by atoms with Gasteiger partial charge in [-0.25, -0.2) is 22.9 Å². The number of hydrogen-bond donors (Lipinski definition) is 2. The Morgan fingerprint density at radius 2 is 1.84 bits per heavy atom. The fourth-order valence-corrected chi connectivity index (χ4v) is 6.92. The van der Waals surface area contributed by atoms with E-state index in [0.717, 1.165) is 15.8 Å². The highest BCUT2D eigenvalue weighted by Crippen LogP contribution is 2.30. The fourth-order valence-electron chi connectivity index (χ4n) is 4.58. The van der Waals surface area contributed by atoms with Crippen LogP contribution in [0.25, 0.3) is 10.2 Å². The van der Waals surface area contributed by atoms with Crippen LogP contribution in [0.1, 0.15) is 42.9 Å². The summed E-state index contributed by atoms with van der Waals surface area (Å²) in [6.45, 7) is 5.77. The van der Waals surface area contributed by atoms with Gasteiger partial charge >= 0.3 is 6.09 Å². The quantitative estimate of drug-likeness (QED) is 0.276. The average Bonchev–Trinajstić information content (AvgIpc) is 3.35. The molecular formula is C31H31N5O5S2. The number of thiazole rings is 1. The van der Waals surface area contributed by atoms with E-state index in [1.807, 2.05) is 30.3 Å². The number of nitrogens with one attached hydrogen (secondary N) is 2. The van der Waals surface area contributed by atoms with Crippen LogP contribution in [0.3, 0.4) is 0 Å². The molecule has 1 aromatic heterocycles. The van der Waals surface area contributed by atoms with Crippen molar-refractivity contribution in [2.75, 3.05) is 18.4 Å². The van der Waals surface area contributed by atoms with Gasteiger partial charge in [0.25, 0.3) is 0 Å². The van der Waals surface area contributed by atoms with Gasteiger partial charge in [-0.1, -0.05) is 30.3 Å². The maximum atomic E-state index is 13.7. The predicted molar refractivity (Wildman–Crippen MR) is 164 cm³/mol. The van der Waals surface area contributed by atoms with Crippen molar-refractivity contribution >= 4 is 49.3 Å². The van der Waals surface area contributed by atoms with Gasteiger partial charge < -0.3 is 15.0 Å². The zero-order valence-electron chi connectivity index (χ0n) is 23.9. The predicted octanol–water partition coefficient (Wildman–Crippen LogP) is 5.24. The van der Waals surface area contributed by atoms with E-state index in [1.165, 1.54) is 28.4 Å². The number of carbonyl (C=O) groups is 2. The molecular weight excluding hydrogens is 587 g/mol. The molecule has 2 N–H and O–H groups in total. The Morgan fingerprint density at radius 3 is 2.56 bits per heavy atom. The molecule has 12 heteroatoms. The third-order valence-corrected chi connectivity index (χ3v) is 9.34. The number of hydrogen-bond acceptors (Lipinski definition) is 8. The molecule has 3 aromatic carbocycles. The number of rotatable bonds is 8. The topological polar surface area (TPSA) is 141 Å². The Labute approximate surface area is 254 Å². The first-order valence-corrected chi connectivity index (χ1v) is 16.0. The van der Waals surface area contributed by atoms with E-state index in [4.69, 9.17) is 9.72 Å². The lowest BCUT2D eigenvalue weighted by atomic mass is 10.00. The monoisotopic (exact) mass is 617 g/mol. The highest BCUT2D eigenvalue weighted by atomic mass is 32.2. The van der Waals surface area contributed by atoms with E-state index in [9.17, 15) is 23.3 Å². The first kappa shape index (κ1) is 30.2. The Morgan fingerprint density at radius 1 is 1.09 bits per heavy atom. The summed E-state index contributed by atoms with van der Waals surface area (Å²) in [4.78, 5) is 31.1. The van der Waals surface area contributed by atoms with Crippen LogP contribution in [0.5, 0.6) is 0 Å². The molecule has 0 spiro atoms. The number of likely N-dealkylation sites (tertiary alicyclic amines) is 1. The molecule has 2 heterocycles. The van der Waals surface area contributed by atoms with Crippen LogP contribution in [-0.4, -0.2) is 49.0 Å². The minimum Gasteiger partial charge on any atom is -0.444 e. The van der Waals surface area contributed by atoms with Crippen molar-refractivity contribution in [3.05, 3.63) is 88.9 Å². The highest BCUT2D eigenvalue weighted by molar-refractivity contribution is 7.89. The summed E-state index contributed by atoms with van der Waals surface area (Å²) in [6.07, 6.45) is -0.196. The summed E-state index contributed by atoms with van der Waals surface area (Å²) in [6, 6.07) is 22.0. The lowest BCUT2D eigenvalue weighted by Crippen LogP contribution is -2.55. The van der Waals surface area contributed by atoms with Gasteiger partial charge in [0.2, 0.25) is 15.9 Å². The summed E-state index contributed by atoms with van der Waals surface area (Å²) in [7, 11) is -4.06. The molecule has 43 heavy (non-hydrogen) atoms. The van der Waals surface area contributed by atoms with Gasteiger partial charge in [0.05, 0.1) is 38.7 Å². The molecule has 1 fully saturated rings. The molecule has 10 nitrogen and oxygen atoms in total. The second kappa shape index (κ2) is 12.1. The zero-order valence-corrected chi connectivity index (χ0v) is 25.5. The van der Waals surface area contributed by atoms with Crippen LogP contribution in [0, 0.1) is 17.2 Å². The Kier molecular flexibility index (Phi) is 8.50. The molecule has 1 saturated heterocycles. The van der Waals surface area contributed by atoms with E-state index in [1.54, 1.807) is 51.1 Å². The number of ether oxygens (including phenoxy) is 1. The lowest BCUT2D eigenvalue weighted by molar-refractivity contribution is -0.124. The molecule has 4 aromatic rings. The van der Waals surface area contributed by atoms with E-state index < -0.39 is 33.7 Å². The fraction of sp³-hybridized carbons (Fsp3) is 0.290. The zero-order chi connectivity index (χ0) is 30.8. The molecule has 0 aliphatic carbocycles. The minimum absolute atomic E-state index is 0.0221. The van der Waals surface area contributed by atoms with Crippen molar-refractivity contribution in [2.24, 2.45) is 5.92 Å². The number of amides is 2. The maximum Gasteiger partial charge on any atom is 0.410 e. The smallest absolute Gasteiger partial charge is 0.410 e. The number of nitriles is 1. The van der Waals surface area contributed by atoms with Gasteiger partial charge in [-0.15, -0.1) is 11.3 Å². The van der Waals surface area contributed by atoms with E-state index in [2.05, 4.69) is 16.1 Å². The second-order valence-electron chi connectivity index (χ2n) is 11.3. The number of sulfonamides is 1.